The van der Waals surface area contributed by atoms with Gasteiger partial charge in [-0.1, -0.05) is 0 Å². The van der Waals surface area contributed by atoms with Gasteiger partial charge in [-0.25, -0.2) is 4.57 Å². The first-order valence-corrected chi connectivity index (χ1v) is 7.31. The van der Waals surface area contributed by atoms with E-state index in [1.807, 2.05) is 0 Å². The van der Waals surface area contributed by atoms with Crippen LogP contribution in [0.25, 0.3) is 0 Å². The van der Waals surface area contributed by atoms with Crippen LogP contribution in [0.1, 0.15) is 13.8 Å². The Morgan fingerprint density at radius 1 is 1.07 bits per heavy atom. The van der Waals surface area contributed by atoms with Crippen LogP contribution in [0.2, 0.25) is 0 Å². The Bertz CT molecular complexity index is 238. The lowest BCUT2D eigenvalue weighted by atomic mass is 10.5. The Kier molecular flexibility index (Phi) is 5.09. The van der Waals surface area contributed by atoms with E-state index in [0.29, 0.717) is 0 Å². The van der Waals surface area contributed by atoms with Crippen LogP contribution in [0.4, 0.5) is 0 Å². The Labute approximate surface area is 89.9 Å². The normalized spacial score (nSPS) is 14.3. The Hall–Kier alpha value is 0.207. The number of hydrogen-bond acceptors (Lipinski definition) is 5. The van der Waals surface area contributed by atoms with Crippen molar-refractivity contribution in [2.45, 2.75) is 19.1 Å². The van der Waals surface area contributed by atoms with Gasteiger partial charge in [0, 0.05) is 21.3 Å². The third-order valence-electron chi connectivity index (χ3n) is 1.89. The van der Waals surface area contributed by atoms with Crippen LogP contribution in [-0.2, 0) is 22.4 Å². The van der Waals surface area contributed by atoms with Crippen LogP contribution in [-0.4, -0.2) is 45.1 Å². The van der Waals surface area contributed by atoms with Crippen LogP contribution in [0, 0.1) is 0 Å². The summed E-state index contributed by atoms with van der Waals surface area (Å²) in [7, 11) is -3.89. The van der Waals surface area contributed by atoms with Gasteiger partial charge in [0.2, 0.25) is 0 Å². The van der Waals surface area contributed by atoms with E-state index < -0.39 is 21.9 Å². The molecule has 15 heavy (non-hydrogen) atoms. The summed E-state index contributed by atoms with van der Waals surface area (Å²) < 4.78 is 30.6. The molecule has 92 valence electrons. The second-order valence-electron chi connectivity index (χ2n) is 3.26. The summed E-state index contributed by atoms with van der Waals surface area (Å²) in [5.41, 5.74) is 0. The summed E-state index contributed by atoms with van der Waals surface area (Å²) in [6, 6.07) is 0. The van der Waals surface area contributed by atoms with Gasteiger partial charge in [0.25, 0.3) is 0 Å². The molecule has 0 aromatic heterocycles. The molecule has 0 saturated carbocycles. The highest BCUT2D eigenvalue weighted by atomic mass is 31.2. The van der Waals surface area contributed by atoms with Gasteiger partial charge in [-0.05, 0) is 13.8 Å². The molecule has 2 N–H and O–H groups in total. The van der Waals surface area contributed by atoms with E-state index in [1.165, 1.54) is 35.2 Å². The molecule has 0 aliphatic carbocycles. The molecule has 0 saturated heterocycles. The summed E-state index contributed by atoms with van der Waals surface area (Å²) in [5, 5.41) is -1.34. The predicted octanol–water partition coefficient (Wildman–Crippen LogP) is 0.292. The third kappa shape index (κ3) is 3.61. The average Bonchev–Trinajstić information content (AvgIpc) is 2.03. The molecule has 0 aliphatic rings. The van der Waals surface area contributed by atoms with Crippen molar-refractivity contribution in [1.29, 1.82) is 0 Å². The molecule has 0 radical (unpaired) electrons. The zero-order valence-corrected chi connectivity index (χ0v) is 11.3. The Morgan fingerprint density at radius 3 is 1.60 bits per heavy atom. The molecule has 0 heterocycles. The van der Waals surface area contributed by atoms with Gasteiger partial charge in [-0.2, -0.15) is 0 Å². The monoisotopic (exact) mass is 260 g/mol. The fourth-order valence-corrected chi connectivity index (χ4v) is 4.71. The maximum Gasteiger partial charge on any atom is 0.534 e. The van der Waals surface area contributed by atoms with Crippen LogP contribution >= 0.6 is 7.82 Å². The molecular formula is C6H17O7PSi. The van der Waals surface area contributed by atoms with Crippen LogP contribution in [0.5, 0.6) is 0 Å². The highest BCUT2D eigenvalue weighted by molar-refractivity contribution is 7.46. The molecule has 0 aromatic rings. The van der Waals surface area contributed by atoms with Crippen molar-refractivity contribution in [3.05, 3.63) is 0 Å². The van der Waals surface area contributed by atoms with E-state index in [1.54, 1.807) is 0 Å². The first kappa shape index (κ1) is 15.2. The van der Waals surface area contributed by atoms with E-state index in [-0.39, 0.29) is 0 Å². The van der Waals surface area contributed by atoms with Crippen LogP contribution in [0.15, 0.2) is 0 Å². The van der Waals surface area contributed by atoms with E-state index in [4.69, 9.17) is 23.1 Å². The average molecular weight is 260 g/mol. The van der Waals surface area contributed by atoms with Gasteiger partial charge < -0.3 is 23.1 Å². The number of phosphoric ester groups is 1. The van der Waals surface area contributed by atoms with E-state index in [0.717, 1.165) is 0 Å². The maximum atomic E-state index is 10.8. The number of hydrogen-bond donors (Lipinski definition) is 2. The predicted molar refractivity (Wildman–Crippen MR) is 54.0 cm³/mol. The van der Waals surface area contributed by atoms with Crippen molar-refractivity contribution in [3.63, 3.8) is 0 Å². The van der Waals surface area contributed by atoms with Crippen molar-refractivity contribution in [2.24, 2.45) is 0 Å². The molecule has 0 aromatic carbocycles. The van der Waals surface area contributed by atoms with E-state index >= 15 is 0 Å². The topological polar surface area (TPSA) is 94.5 Å². The molecule has 9 heteroatoms. The van der Waals surface area contributed by atoms with Crippen molar-refractivity contribution in [1.82, 2.24) is 0 Å². The zero-order valence-electron chi connectivity index (χ0n) is 9.38. The largest absolute Gasteiger partial charge is 0.534 e. The molecule has 0 unspecified atom stereocenters. The van der Waals surface area contributed by atoms with Gasteiger partial charge in [-0.15, -0.1) is 0 Å². The highest BCUT2D eigenvalue weighted by Gasteiger charge is 2.58. The molecule has 7 nitrogen and oxygen atoms in total. The zero-order chi connectivity index (χ0) is 12.3. The smallest absolute Gasteiger partial charge is 0.375 e. The first-order chi connectivity index (χ1) is 6.64. The minimum atomic E-state index is -4.63. The SMILES string of the molecule is CO[Si](OC)(OC)C(C)(C)OP(=O)(O)O. The van der Waals surface area contributed by atoms with Gasteiger partial charge in [0.05, 0.1) is 0 Å². The molecule has 0 bridgehead atoms. The second kappa shape index (κ2) is 5.02. The minimum Gasteiger partial charge on any atom is -0.375 e. The molecule has 0 atom stereocenters. The fourth-order valence-electron chi connectivity index (χ4n) is 1.34. The van der Waals surface area contributed by atoms with E-state index in [9.17, 15) is 4.57 Å². The van der Waals surface area contributed by atoms with Crippen molar-refractivity contribution in [3.8, 4) is 0 Å². The summed E-state index contributed by atoms with van der Waals surface area (Å²) in [4.78, 5) is 17.5. The number of rotatable bonds is 6. The van der Waals surface area contributed by atoms with Crippen molar-refractivity contribution in [2.75, 3.05) is 21.3 Å². The molecule has 0 spiro atoms. The van der Waals surface area contributed by atoms with E-state index in [2.05, 4.69) is 4.52 Å². The Morgan fingerprint density at radius 2 is 1.40 bits per heavy atom. The molecule has 0 aliphatic heterocycles. The highest BCUT2D eigenvalue weighted by Crippen LogP contribution is 2.44. The third-order valence-corrected chi connectivity index (χ3v) is 5.95. The quantitative estimate of drug-likeness (QED) is 0.523. The molecule has 0 rings (SSSR count). The lowest BCUT2D eigenvalue weighted by Gasteiger charge is -2.37. The van der Waals surface area contributed by atoms with Crippen LogP contribution < -0.4 is 0 Å². The Balaban J connectivity index is 5.03. The summed E-state index contributed by atoms with van der Waals surface area (Å²) >= 11 is 0. The molecule has 0 amide bonds. The lowest BCUT2D eigenvalue weighted by Crippen LogP contribution is -2.61. The van der Waals surface area contributed by atoms with Crippen LogP contribution in [0.3, 0.4) is 0 Å². The second-order valence-corrected chi connectivity index (χ2v) is 7.97. The van der Waals surface area contributed by atoms with Gasteiger partial charge in [-0.3, -0.25) is 4.52 Å². The minimum absolute atomic E-state index is 1.34. The maximum absolute atomic E-state index is 10.8. The van der Waals surface area contributed by atoms with Gasteiger partial charge in [0.15, 0.2) is 0 Å². The van der Waals surface area contributed by atoms with Crippen molar-refractivity contribution < 1.29 is 32.2 Å². The summed E-state index contributed by atoms with van der Waals surface area (Å²) in [5.74, 6) is 0. The number of phosphoric acid groups is 1. The lowest BCUT2D eigenvalue weighted by molar-refractivity contribution is 0.0139. The van der Waals surface area contributed by atoms with Gasteiger partial charge >= 0.3 is 16.6 Å². The van der Waals surface area contributed by atoms with Gasteiger partial charge in [0.1, 0.15) is 5.22 Å². The fraction of sp³-hybridized carbons (Fsp3) is 1.00. The molecule has 0 fully saturated rings. The van der Waals surface area contributed by atoms with Crippen molar-refractivity contribution >= 4 is 16.6 Å². The summed E-state index contributed by atoms with van der Waals surface area (Å²) in [6.45, 7) is 2.88. The molecular weight excluding hydrogens is 243 g/mol. The first-order valence-electron chi connectivity index (χ1n) is 4.06. The standard InChI is InChI=1S/C6H17O7PSi/c1-6(2,13-14(7,8)9)15(10-3,11-4)12-5/h1-5H3,(H2,7,8,9). The summed E-state index contributed by atoms with van der Waals surface area (Å²) in [6.07, 6.45) is 0.